The van der Waals surface area contributed by atoms with Crippen LogP contribution in [0, 0.1) is 0 Å². The van der Waals surface area contributed by atoms with Crippen molar-refractivity contribution in [3.05, 3.63) is 46.6 Å². The lowest BCUT2D eigenvalue weighted by molar-refractivity contribution is 0.273. The molecular weight excluding hydrogens is 308 g/mol. The first-order valence-corrected chi connectivity index (χ1v) is 6.68. The Labute approximate surface area is 120 Å². The van der Waals surface area contributed by atoms with Crippen molar-refractivity contribution in [3.8, 4) is 0 Å². The number of aromatic nitrogens is 2. The van der Waals surface area contributed by atoms with Crippen molar-refractivity contribution in [2.24, 2.45) is 0 Å². The van der Waals surface area contributed by atoms with E-state index in [1.165, 1.54) is 0 Å². The molecule has 1 unspecified atom stereocenters. The standard InChI is InChI=1S/C13H15BrN4O/c14-11-7-12(15)18-13(17-11)16-10(8-19)6-9-4-2-1-3-5-9/h1-5,7,10,19H,6,8H2,(H3,15,16,17,18). The summed E-state index contributed by atoms with van der Waals surface area (Å²) in [5, 5.41) is 12.5. The molecule has 1 aromatic heterocycles. The van der Waals surface area contributed by atoms with Gasteiger partial charge in [0, 0.05) is 6.07 Å². The number of anilines is 2. The zero-order chi connectivity index (χ0) is 13.7. The molecule has 1 heterocycles. The van der Waals surface area contributed by atoms with Gasteiger partial charge < -0.3 is 16.2 Å². The summed E-state index contributed by atoms with van der Waals surface area (Å²) in [6, 6.07) is 11.4. The van der Waals surface area contributed by atoms with Gasteiger partial charge in [0.1, 0.15) is 10.4 Å². The molecule has 0 aliphatic rings. The minimum Gasteiger partial charge on any atom is -0.394 e. The fraction of sp³-hybridized carbons (Fsp3) is 0.231. The van der Waals surface area contributed by atoms with Crippen molar-refractivity contribution in [2.75, 3.05) is 17.7 Å². The van der Waals surface area contributed by atoms with Crippen molar-refractivity contribution >= 4 is 27.7 Å². The van der Waals surface area contributed by atoms with Crippen LogP contribution in [0.15, 0.2) is 41.0 Å². The van der Waals surface area contributed by atoms with E-state index in [4.69, 9.17) is 5.73 Å². The Hall–Kier alpha value is -1.66. The minimum atomic E-state index is -0.156. The Morgan fingerprint density at radius 1 is 1.26 bits per heavy atom. The molecule has 2 rings (SSSR count). The van der Waals surface area contributed by atoms with E-state index in [0.717, 1.165) is 5.56 Å². The summed E-state index contributed by atoms with van der Waals surface area (Å²) in [6.45, 7) is -0.00925. The summed E-state index contributed by atoms with van der Waals surface area (Å²) in [7, 11) is 0. The molecular formula is C13H15BrN4O. The lowest BCUT2D eigenvalue weighted by Gasteiger charge is -2.16. The Kier molecular flexibility index (Phi) is 4.70. The van der Waals surface area contributed by atoms with E-state index in [-0.39, 0.29) is 12.6 Å². The van der Waals surface area contributed by atoms with Gasteiger partial charge in [-0.3, -0.25) is 0 Å². The molecule has 0 saturated carbocycles. The molecule has 0 fully saturated rings. The fourth-order valence-corrected chi connectivity index (χ4v) is 2.14. The second-order valence-corrected chi connectivity index (χ2v) is 4.97. The highest BCUT2D eigenvalue weighted by molar-refractivity contribution is 9.10. The topological polar surface area (TPSA) is 84.1 Å². The zero-order valence-electron chi connectivity index (χ0n) is 10.3. The Morgan fingerprint density at radius 2 is 2.00 bits per heavy atom. The SMILES string of the molecule is Nc1cc(Br)nc(NC(CO)Cc2ccccc2)n1. The molecule has 19 heavy (non-hydrogen) atoms. The van der Waals surface area contributed by atoms with Gasteiger partial charge in [-0.1, -0.05) is 30.3 Å². The third-order valence-corrected chi connectivity index (χ3v) is 3.00. The van der Waals surface area contributed by atoms with Crippen molar-refractivity contribution in [1.82, 2.24) is 9.97 Å². The summed E-state index contributed by atoms with van der Waals surface area (Å²) >= 11 is 3.26. The smallest absolute Gasteiger partial charge is 0.226 e. The maximum absolute atomic E-state index is 9.43. The quantitative estimate of drug-likeness (QED) is 0.731. The predicted molar refractivity (Wildman–Crippen MR) is 78.8 cm³/mol. The molecule has 0 bridgehead atoms. The van der Waals surface area contributed by atoms with Crippen molar-refractivity contribution in [2.45, 2.75) is 12.5 Å². The number of aliphatic hydroxyl groups excluding tert-OH is 1. The average Bonchev–Trinajstić information content (AvgIpc) is 2.38. The van der Waals surface area contributed by atoms with Gasteiger partial charge >= 0.3 is 0 Å². The van der Waals surface area contributed by atoms with E-state index in [1.807, 2.05) is 30.3 Å². The highest BCUT2D eigenvalue weighted by Gasteiger charge is 2.10. The van der Waals surface area contributed by atoms with Gasteiger partial charge in [-0.2, -0.15) is 4.98 Å². The summed E-state index contributed by atoms with van der Waals surface area (Å²) in [6.07, 6.45) is 0.688. The zero-order valence-corrected chi connectivity index (χ0v) is 11.8. The molecule has 6 heteroatoms. The number of halogens is 1. The van der Waals surface area contributed by atoms with E-state index >= 15 is 0 Å². The summed E-state index contributed by atoms with van der Waals surface area (Å²) in [5.74, 6) is 0.780. The summed E-state index contributed by atoms with van der Waals surface area (Å²) in [5.41, 5.74) is 6.78. The molecule has 5 nitrogen and oxygen atoms in total. The lowest BCUT2D eigenvalue weighted by Crippen LogP contribution is -2.27. The normalized spacial score (nSPS) is 12.1. The maximum atomic E-state index is 9.43. The number of aliphatic hydroxyl groups is 1. The van der Waals surface area contributed by atoms with Crippen LogP contribution < -0.4 is 11.1 Å². The number of benzene rings is 1. The van der Waals surface area contributed by atoms with Gasteiger partial charge in [-0.15, -0.1) is 0 Å². The molecule has 0 spiro atoms. The Bertz CT molecular complexity index is 515. The number of nitrogens with zero attached hydrogens (tertiary/aromatic N) is 2. The van der Waals surface area contributed by atoms with E-state index in [9.17, 15) is 5.11 Å². The van der Waals surface area contributed by atoms with E-state index in [0.29, 0.717) is 22.8 Å². The van der Waals surface area contributed by atoms with Crippen molar-refractivity contribution in [1.29, 1.82) is 0 Å². The molecule has 100 valence electrons. The van der Waals surface area contributed by atoms with Crippen LogP contribution in [0.4, 0.5) is 11.8 Å². The Morgan fingerprint density at radius 3 is 2.63 bits per heavy atom. The highest BCUT2D eigenvalue weighted by atomic mass is 79.9. The van der Waals surface area contributed by atoms with Gasteiger partial charge in [0.05, 0.1) is 12.6 Å². The third-order valence-electron chi connectivity index (χ3n) is 2.59. The molecule has 0 aliphatic heterocycles. The second-order valence-electron chi connectivity index (χ2n) is 4.15. The van der Waals surface area contributed by atoms with Crippen LogP contribution >= 0.6 is 15.9 Å². The molecule has 0 aliphatic carbocycles. The molecule has 0 amide bonds. The maximum Gasteiger partial charge on any atom is 0.226 e. The number of rotatable bonds is 5. The largest absolute Gasteiger partial charge is 0.394 e. The average molecular weight is 323 g/mol. The number of hydrogen-bond donors (Lipinski definition) is 3. The van der Waals surface area contributed by atoms with Crippen molar-refractivity contribution in [3.63, 3.8) is 0 Å². The van der Waals surface area contributed by atoms with Gasteiger partial charge in [-0.25, -0.2) is 4.98 Å². The van der Waals surface area contributed by atoms with Gasteiger partial charge in [0.2, 0.25) is 5.95 Å². The first-order valence-electron chi connectivity index (χ1n) is 5.89. The van der Waals surface area contributed by atoms with Crippen LogP contribution in [0.5, 0.6) is 0 Å². The van der Waals surface area contributed by atoms with Gasteiger partial charge in [0.15, 0.2) is 0 Å². The third kappa shape index (κ3) is 4.18. The van der Waals surface area contributed by atoms with Gasteiger partial charge in [-0.05, 0) is 27.9 Å². The number of nitrogens with one attached hydrogen (secondary N) is 1. The molecule has 2 aromatic rings. The number of hydrogen-bond acceptors (Lipinski definition) is 5. The van der Waals surface area contributed by atoms with Crippen LogP contribution in [0.1, 0.15) is 5.56 Å². The molecule has 0 saturated heterocycles. The van der Waals surface area contributed by atoms with Crippen LogP contribution in [-0.2, 0) is 6.42 Å². The first-order chi connectivity index (χ1) is 9.17. The minimum absolute atomic E-state index is 0.00925. The second kappa shape index (κ2) is 6.49. The molecule has 4 N–H and O–H groups in total. The van der Waals surface area contributed by atoms with Crippen LogP contribution in [-0.4, -0.2) is 27.7 Å². The summed E-state index contributed by atoms with van der Waals surface area (Å²) < 4.78 is 0.610. The van der Waals surface area contributed by atoms with Crippen LogP contribution in [0.25, 0.3) is 0 Å². The van der Waals surface area contributed by atoms with E-state index < -0.39 is 0 Å². The molecule has 1 atom stereocenters. The van der Waals surface area contributed by atoms with Crippen LogP contribution in [0.2, 0.25) is 0 Å². The van der Waals surface area contributed by atoms with Crippen molar-refractivity contribution < 1.29 is 5.11 Å². The number of nitrogen functional groups attached to an aromatic ring is 1. The molecule has 0 radical (unpaired) electrons. The van der Waals surface area contributed by atoms with E-state index in [1.54, 1.807) is 6.07 Å². The lowest BCUT2D eigenvalue weighted by atomic mass is 10.1. The van der Waals surface area contributed by atoms with Crippen LogP contribution in [0.3, 0.4) is 0 Å². The highest BCUT2D eigenvalue weighted by Crippen LogP contribution is 2.14. The summed E-state index contributed by atoms with van der Waals surface area (Å²) in [4.78, 5) is 8.24. The fourth-order valence-electron chi connectivity index (χ4n) is 1.74. The Balaban J connectivity index is 2.06. The van der Waals surface area contributed by atoms with Gasteiger partial charge in [0.25, 0.3) is 0 Å². The predicted octanol–water partition coefficient (Wildman–Crippen LogP) is 1.84. The number of nitrogens with two attached hydrogens (primary N) is 1. The first kappa shape index (κ1) is 13.8. The monoisotopic (exact) mass is 322 g/mol. The molecule has 1 aromatic carbocycles. The van der Waals surface area contributed by atoms with E-state index in [2.05, 4.69) is 31.2 Å².